The molecular weight excluding hydrogens is 416 g/mol. The summed E-state index contributed by atoms with van der Waals surface area (Å²) < 4.78 is 2.20. The summed E-state index contributed by atoms with van der Waals surface area (Å²) in [7, 11) is 2.04. The molecule has 4 aromatic rings. The Morgan fingerprint density at radius 2 is 2.00 bits per heavy atom. The van der Waals surface area contributed by atoms with Crippen LogP contribution in [0.2, 0.25) is 0 Å². The van der Waals surface area contributed by atoms with Gasteiger partial charge in [-0.05, 0) is 49.2 Å². The lowest BCUT2D eigenvalue weighted by molar-refractivity contribution is -0.102. The molecule has 5 rings (SSSR count). The topological polar surface area (TPSA) is 49.6 Å². The van der Waals surface area contributed by atoms with Gasteiger partial charge in [0.2, 0.25) is 0 Å². The van der Waals surface area contributed by atoms with Crippen molar-refractivity contribution in [1.82, 2.24) is 4.57 Å². The molecule has 0 amide bonds. The van der Waals surface area contributed by atoms with Crippen molar-refractivity contribution in [2.45, 2.75) is 18.9 Å². The Kier molecular flexibility index (Phi) is 5.37. The Morgan fingerprint density at radius 1 is 1.19 bits per heavy atom. The van der Waals surface area contributed by atoms with Gasteiger partial charge in [-0.2, -0.15) is 0 Å². The zero-order chi connectivity index (χ0) is 22.1. The summed E-state index contributed by atoms with van der Waals surface area (Å²) in [6.07, 6.45) is 6.83. The number of rotatable bonds is 7. The summed E-state index contributed by atoms with van der Waals surface area (Å²) in [5.74, 6) is 0.382. The van der Waals surface area contributed by atoms with E-state index in [9.17, 15) is 4.79 Å². The highest BCUT2D eigenvalue weighted by atomic mass is 32.1. The van der Waals surface area contributed by atoms with Crippen LogP contribution in [0.25, 0.3) is 22.7 Å². The summed E-state index contributed by atoms with van der Waals surface area (Å²) in [5.41, 5.74) is 4.29. The standard InChI is InChI=1S/C26H24N4OS/c1-3-22-16-24(26(32-22)28-25(17-31)27-19-10-11-19)29(2)21-12-9-18-13-14-30(23(18)15-21)20-7-5-4-6-8-20/h3-9,12-17,19H,1,10-11H2,2H3,(H,27,28). The maximum Gasteiger partial charge on any atom is 0.185 e. The van der Waals surface area contributed by atoms with Crippen LogP contribution < -0.4 is 10.2 Å². The Bertz CT molecular complexity index is 1310. The normalized spacial score (nSPS) is 13.8. The zero-order valence-electron chi connectivity index (χ0n) is 17.9. The molecule has 1 N–H and O–H groups in total. The number of nitrogens with one attached hydrogen (secondary N) is 1. The summed E-state index contributed by atoms with van der Waals surface area (Å²) in [6.45, 7) is 3.92. The number of carbonyl (C=O) groups excluding carboxylic acids is 1. The van der Waals surface area contributed by atoms with Crippen molar-refractivity contribution in [2.75, 3.05) is 17.3 Å². The fourth-order valence-corrected chi connectivity index (χ4v) is 4.67. The number of aromatic nitrogens is 1. The van der Waals surface area contributed by atoms with E-state index < -0.39 is 0 Å². The Balaban J connectivity index is 1.52. The number of thiophene rings is 1. The Hall–Kier alpha value is -3.64. The van der Waals surface area contributed by atoms with Gasteiger partial charge in [-0.1, -0.05) is 36.9 Å². The van der Waals surface area contributed by atoms with E-state index in [0.717, 1.165) is 51.6 Å². The number of benzene rings is 2. The van der Waals surface area contributed by atoms with Gasteiger partial charge >= 0.3 is 0 Å². The van der Waals surface area contributed by atoms with Crippen LogP contribution >= 0.6 is 11.3 Å². The maximum atomic E-state index is 11.6. The smallest absolute Gasteiger partial charge is 0.185 e. The second kappa shape index (κ2) is 8.48. The van der Waals surface area contributed by atoms with Crippen molar-refractivity contribution < 1.29 is 4.79 Å². The lowest BCUT2D eigenvalue weighted by Crippen LogP contribution is -2.16. The van der Waals surface area contributed by atoms with Crippen molar-refractivity contribution in [3.8, 4) is 5.69 Å². The second-order valence-electron chi connectivity index (χ2n) is 7.88. The van der Waals surface area contributed by atoms with Crippen molar-refractivity contribution >= 4 is 56.8 Å². The van der Waals surface area contributed by atoms with Crippen LogP contribution in [0.3, 0.4) is 0 Å². The lowest BCUT2D eigenvalue weighted by atomic mass is 10.2. The Morgan fingerprint density at radius 3 is 2.72 bits per heavy atom. The van der Waals surface area contributed by atoms with Crippen molar-refractivity contribution in [1.29, 1.82) is 0 Å². The van der Waals surface area contributed by atoms with Gasteiger partial charge < -0.3 is 14.8 Å². The third kappa shape index (κ3) is 3.97. The largest absolute Gasteiger partial charge is 0.342 e. The highest BCUT2D eigenvalue weighted by Gasteiger charge is 2.22. The number of aldehydes is 1. The molecule has 0 radical (unpaired) electrons. The van der Waals surface area contributed by atoms with Gasteiger partial charge in [0, 0.05) is 34.9 Å². The van der Waals surface area contributed by atoms with E-state index in [2.05, 4.69) is 75.0 Å². The average Bonchev–Trinajstić information content (AvgIpc) is 3.40. The molecule has 2 aromatic carbocycles. The summed E-state index contributed by atoms with van der Waals surface area (Å²) >= 11 is 1.56. The van der Waals surface area contributed by atoms with Crippen LogP contribution in [0, 0.1) is 0 Å². The molecule has 2 heterocycles. The van der Waals surface area contributed by atoms with Gasteiger partial charge in [-0.15, -0.1) is 11.3 Å². The van der Waals surface area contributed by atoms with Crippen LogP contribution in [-0.4, -0.2) is 29.8 Å². The molecule has 0 atom stereocenters. The average molecular weight is 441 g/mol. The maximum absolute atomic E-state index is 11.6. The number of amidine groups is 1. The third-order valence-electron chi connectivity index (χ3n) is 5.61. The van der Waals surface area contributed by atoms with Crippen molar-refractivity contribution in [3.63, 3.8) is 0 Å². The van der Waals surface area contributed by atoms with Crippen LogP contribution in [0.5, 0.6) is 0 Å². The van der Waals surface area contributed by atoms with Gasteiger partial charge in [-0.25, -0.2) is 0 Å². The number of hydrogen-bond acceptors (Lipinski definition) is 4. The fourth-order valence-electron chi connectivity index (χ4n) is 3.73. The number of fused-ring (bicyclic) bond motifs is 1. The Labute approximate surface area is 191 Å². The summed E-state index contributed by atoms with van der Waals surface area (Å²) in [4.78, 5) is 19.2. The number of aliphatic imine (C=N–C) groups is 1. The predicted octanol–water partition coefficient (Wildman–Crippen LogP) is 6.27. The highest BCUT2D eigenvalue weighted by molar-refractivity contribution is 7.17. The van der Waals surface area contributed by atoms with E-state index in [1.807, 2.05) is 31.3 Å². The predicted molar refractivity (Wildman–Crippen MR) is 136 cm³/mol. The van der Waals surface area contributed by atoms with E-state index in [-0.39, 0.29) is 6.04 Å². The number of hydrogen-bond donors (Lipinski definition) is 1. The number of nitrogens with zero attached hydrogens (tertiary/aromatic N) is 3. The molecule has 1 fully saturated rings. The summed E-state index contributed by atoms with van der Waals surface area (Å²) in [5, 5.41) is 5.31. The third-order valence-corrected chi connectivity index (χ3v) is 6.65. The number of anilines is 3. The van der Waals surface area contributed by atoms with E-state index >= 15 is 0 Å². The molecule has 2 aromatic heterocycles. The molecule has 0 saturated heterocycles. The van der Waals surface area contributed by atoms with Gasteiger partial charge in [-0.3, -0.25) is 9.79 Å². The van der Waals surface area contributed by atoms with Crippen molar-refractivity contribution in [2.24, 2.45) is 4.99 Å². The highest BCUT2D eigenvalue weighted by Crippen LogP contribution is 2.40. The zero-order valence-corrected chi connectivity index (χ0v) is 18.7. The minimum Gasteiger partial charge on any atom is -0.342 e. The van der Waals surface area contributed by atoms with Crippen LogP contribution in [0.4, 0.5) is 16.4 Å². The molecule has 1 aliphatic rings. The van der Waals surface area contributed by atoms with Gasteiger partial charge in [0.25, 0.3) is 0 Å². The van der Waals surface area contributed by atoms with Crippen LogP contribution in [0.15, 0.2) is 78.4 Å². The number of carbonyl (C=O) groups is 1. The van der Waals surface area contributed by atoms with E-state index in [1.165, 1.54) is 5.39 Å². The van der Waals surface area contributed by atoms with Gasteiger partial charge in [0.1, 0.15) is 5.00 Å². The van der Waals surface area contributed by atoms with E-state index in [0.29, 0.717) is 5.84 Å². The monoisotopic (exact) mass is 440 g/mol. The molecule has 1 saturated carbocycles. The molecule has 0 unspecified atom stereocenters. The first-order chi connectivity index (χ1) is 15.7. The molecule has 160 valence electrons. The van der Waals surface area contributed by atoms with Gasteiger partial charge in [0.15, 0.2) is 12.1 Å². The molecular formula is C26H24N4OS. The van der Waals surface area contributed by atoms with Gasteiger partial charge in [0.05, 0.1) is 17.2 Å². The van der Waals surface area contributed by atoms with Crippen LogP contribution in [0.1, 0.15) is 17.7 Å². The molecule has 0 aliphatic heterocycles. The molecule has 32 heavy (non-hydrogen) atoms. The van der Waals surface area contributed by atoms with Crippen molar-refractivity contribution in [3.05, 3.63) is 78.3 Å². The summed E-state index contributed by atoms with van der Waals surface area (Å²) in [6, 6.07) is 21.3. The quantitative estimate of drug-likeness (QED) is 0.209. The minimum absolute atomic E-state index is 0.274. The SMILES string of the molecule is C=Cc1cc(N(C)c2ccc3ccn(-c4ccccc4)c3c2)c(NC(C=O)=NC2CC2)s1. The second-order valence-corrected chi connectivity index (χ2v) is 8.96. The molecule has 6 heteroatoms. The lowest BCUT2D eigenvalue weighted by Gasteiger charge is -2.21. The van der Waals surface area contributed by atoms with E-state index in [4.69, 9.17) is 0 Å². The first-order valence-electron chi connectivity index (χ1n) is 10.6. The molecule has 0 spiro atoms. The first-order valence-corrected chi connectivity index (χ1v) is 11.4. The fraction of sp³-hybridized carbons (Fsp3) is 0.154. The number of para-hydroxylation sites is 1. The minimum atomic E-state index is 0.274. The van der Waals surface area contributed by atoms with Crippen LogP contribution in [-0.2, 0) is 4.79 Å². The molecule has 1 aliphatic carbocycles. The van der Waals surface area contributed by atoms with E-state index in [1.54, 1.807) is 11.3 Å². The molecule has 5 nitrogen and oxygen atoms in total. The molecule has 0 bridgehead atoms. The first kappa shape index (κ1) is 20.3.